The lowest BCUT2D eigenvalue weighted by Crippen LogP contribution is -2.03. The second-order valence-corrected chi connectivity index (χ2v) is 4.07. The minimum Gasteiger partial charge on any atom is -0.462 e. The standard InChI is InChI=1S/C17H14N2O2/c1-2-21-17(20)15-8-10-16(11-9-15)19-18-13-12-14-6-4-3-5-7-14/h3-11H,2H2,1H3. The maximum Gasteiger partial charge on any atom is 0.338 e. The van der Waals surface area contributed by atoms with E-state index < -0.39 is 0 Å². The van der Waals surface area contributed by atoms with Crippen LogP contribution in [-0.2, 0) is 4.74 Å². The highest BCUT2D eigenvalue weighted by Gasteiger charge is 2.04. The molecule has 0 radical (unpaired) electrons. The van der Waals surface area contributed by atoms with E-state index in [-0.39, 0.29) is 5.97 Å². The van der Waals surface area contributed by atoms with Crippen LogP contribution in [0.3, 0.4) is 0 Å². The van der Waals surface area contributed by atoms with Crippen LogP contribution in [0.25, 0.3) is 0 Å². The number of carbonyl (C=O) groups is 1. The molecule has 2 aromatic carbocycles. The van der Waals surface area contributed by atoms with E-state index in [0.717, 1.165) is 5.56 Å². The summed E-state index contributed by atoms with van der Waals surface area (Å²) in [5.74, 6) is 2.53. The van der Waals surface area contributed by atoms with Gasteiger partial charge < -0.3 is 4.74 Å². The summed E-state index contributed by atoms with van der Waals surface area (Å²) in [7, 11) is 0. The van der Waals surface area contributed by atoms with Crippen LogP contribution in [0.2, 0.25) is 0 Å². The van der Waals surface area contributed by atoms with E-state index in [0.29, 0.717) is 17.9 Å². The SMILES string of the molecule is CCOC(=O)c1ccc(N=NC#Cc2ccccc2)cc1. The number of nitrogens with zero attached hydrogens (tertiary/aromatic N) is 2. The predicted octanol–water partition coefficient (Wildman–Crippen LogP) is 3.96. The van der Waals surface area contributed by atoms with E-state index in [9.17, 15) is 4.79 Å². The first-order chi connectivity index (χ1) is 10.3. The third-order valence-corrected chi connectivity index (χ3v) is 2.57. The zero-order chi connectivity index (χ0) is 14.9. The average molecular weight is 278 g/mol. The van der Waals surface area contributed by atoms with Crippen molar-refractivity contribution < 1.29 is 9.53 Å². The number of hydrogen-bond donors (Lipinski definition) is 0. The first-order valence-corrected chi connectivity index (χ1v) is 6.53. The molecule has 2 aromatic rings. The number of ether oxygens (including phenoxy) is 1. The van der Waals surface area contributed by atoms with Gasteiger partial charge in [0.15, 0.2) is 0 Å². The molecule has 0 fully saturated rings. The Labute approximate surface area is 123 Å². The molecule has 0 unspecified atom stereocenters. The highest BCUT2D eigenvalue weighted by atomic mass is 16.5. The molecule has 0 bridgehead atoms. The number of benzene rings is 2. The van der Waals surface area contributed by atoms with Crippen LogP contribution in [0.4, 0.5) is 5.69 Å². The van der Waals surface area contributed by atoms with E-state index in [2.05, 4.69) is 22.2 Å². The van der Waals surface area contributed by atoms with Crippen molar-refractivity contribution in [3.8, 4) is 12.0 Å². The molecule has 0 saturated heterocycles. The fraction of sp³-hybridized carbons (Fsp3) is 0.118. The highest BCUT2D eigenvalue weighted by Crippen LogP contribution is 2.14. The van der Waals surface area contributed by atoms with E-state index in [1.54, 1.807) is 31.2 Å². The van der Waals surface area contributed by atoms with Crippen LogP contribution >= 0.6 is 0 Å². The second-order valence-electron chi connectivity index (χ2n) is 4.07. The number of carbonyl (C=O) groups excluding carboxylic acids is 1. The zero-order valence-electron chi connectivity index (χ0n) is 11.6. The minimum atomic E-state index is -0.343. The molecule has 0 aliphatic heterocycles. The lowest BCUT2D eigenvalue weighted by Gasteiger charge is -2.00. The number of rotatable bonds is 3. The van der Waals surface area contributed by atoms with Gasteiger partial charge >= 0.3 is 5.97 Å². The highest BCUT2D eigenvalue weighted by molar-refractivity contribution is 5.89. The number of azo groups is 1. The summed E-state index contributed by atoms with van der Waals surface area (Å²) in [6.45, 7) is 2.13. The Morgan fingerprint density at radius 1 is 1.10 bits per heavy atom. The van der Waals surface area contributed by atoms with Gasteiger partial charge in [0.2, 0.25) is 0 Å². The van der Waals surface area contributed by atoms with E-state index >= 15 is 0 Å². The molecular formula is C17H14N2O2. The number of esters is 1. The lowest BCUT2D eigenvalue weighted by molar-refractivity contribution is 0.0526. The first-order valence-electron chi connectivity index (χ1n) is 6.53. The van der Waals surface area contributed by atoms with Gasteiger partial charge in [0, 0.05) is 5.56 Å². The monoisotopic (exact) mass is 278 g/mol. The summed E-state index contributed by atoms with van der Waals surface area (Å²) in [6.07, 6.45) is 0. The molecule has 0 aliphatic rings. The Morgan fingerprint density at radius 3 is 2.48 bits per heavy atom. The van der Waals surface area contributed by atoms with Crippen LogP contribution in [-0.4, -0.2) is 12.6 Å². The molecule has 21 heavy (non-hydrogen) atoms. The van der Waals surface area contributed by atoms with Crippen LogP contribution in [0.15, 0.2) is 64.8 Å². The molecule has 0 aliphatic carbocycles. The van der Waals surface area contributed by atoms with Crippen molar-refractivity contribution in [3.63, 3.8) is 0 Å². The van der Waals surface area contributed by atoms with Crippen LogP contribution < -0.4 is 0 Å². The van der Waals surface area contributed by atoms with Crippen molar-refractivity contribution >= 4 is 11.7 Å². The molecule has 2 rings (SSSR count). The Bertz CT molecular complexity index is 680. The summed E-state index contributed by atoms with van der Waals surface area (Å²) >= 11 is 0. The molecule has 0 amide bonds. The summed E-state index contributed by atoms with van der Waals surface area (Å²) in [5.41, 5.74) is 2.01. The largest absolute Gasteiger partial charge is 0.462 e. The van der Waals surface area contributed by atoms with E-state index in [1.165, 1.54) is 0 Å². The number of hydrogen-bond acceptors (Lipinski definition) is 4. The van der Waals surface area contributed by atoms with Gasteiger partial charge in [-0.05, 0) is 49.2 Å². The van der Waals surface area contributed by atoms with Crippen molar-refractivity contribution in [3.05, 3.63) is 65.7 Å². The smallest absolute Gasteiger partial charge is 0.338 e. The lowest BCUT2D eigenvalue weighted by atomic mass is 10.2. The molecule has 0 N–H and O–H groups in total. The van der Waals surface area contributed by atoms with Gasteiger partial charge in [-0.3, -0.25) is 0 Å². The van der Waals surface area contributed by atoms with Crippen molar-refractivity contribution in [2.75, 3.05) is 6.61 Å². The second kappa shape index (κ2) is 7.61. The Balaban J connectivity index is 1.99. The fourth-order valence-electron chi connectivity index (χ4n) is 1.57. The predicted molar refractivity (Wildman–Crippen MR) is 80.2 cm³/mol. The quantitative estimate of drug-likeness (QED) is 0.485. The van der Waals surface area contributed by atoms with Gasteiger partial charge in [0.1, 0.15) is 0 Å². The normalized spacial score (nSPS) is 9.95. The maximum absolute atomic E-state index is 11.5. The third kappa shape index (κ3) is 4.59. The van der Waals surface area contributed by atoms with Crippen molar-refractivity contribution in [2.24, 2.45) is 10.2 Å². The van der Waals surface area contributed by atoms with E-state index in [1.807, 2.05) is 30.3 Å². The molecule has 0 aromatic heterocycles. The Hall–Kier alpha value is -2.93. The average Bonchev–Trinajstić information content (AvgIpc) is 2.53. The molecule has 0 spiro atoms. The molecular weight excluding hydrogens is 264 g/mol. The molecule has 0 saturated carbocycles. The van der Waals surface area contributed by atoms with Crippen LogP contribution in [0.5, 0.6) is 0 Å². The van der Waals surface area contributed by atoms with Crippen molar-refractivity contribution in [1.29, 1.82) is 0 Å². The fourth-order valence-corrected chi connectivity index (χ4v) is 1.57. The first kappa shape index (κ1) is 14.5. The third-order valence-electron chi connectivity index (χ3n) is 2.57. The summed E-state index contributed by atoms with van der Waals surface area (Å²) in [5, 5.41) is 7.76. The topological polar surface area (TPSA) is 51.0 Å². The van der Waals surface area contributed by atoms with Gasteiger partial charge in [-0.2, -0.15) is 0 Å². The van der Waals surface area contributed by atoms with Gasteiger partial charge in [-0.25, -0.2) is 4.79 Å². The van der Waals surface area contributed by atoms with Gasteiger partial charge in [-0.15, -0.1) is 5.11 Å². The van der Waals surface area contributed by atoms with Crippen LogP contribution in [0, 0.1) is 12.0 Å². The van der Waals surface area contributed by atoms with Crippen LogP contribution in [0.1, 0.15) is 22.8 Å². The van der Waals surface area contributed by atoms with E-state index in [4.69, 9.17) is 4.74 Å². The summed E-state index contributed by atoms with van der Waals surface area (Å²) in [6, 6.07) is 18.9. The zero-order valence-corrected chi connectivity index (χ0v) is 11.6. The molecule has 4 heteroatoms. The van der Waals surface area contributed by atoms with Crippen molar-refractivity contribution in [1.82, 2.24) is 0 Å². The maximum atomic E-state index is 11.5. The Morgan fingerprint density at radius 2 is 1.81 bits per heavy atom. The summed E-state index contributed by atoms with van der Waals surface area (Å²) in [4.78, 5) is 11.5. The van der Waals surface area contributed by atoms with Gasteiger partial charge in [0.25, 0.3) is 0 Å². The molecule has 4 nitrogen and oxygen atoms in total. The van der Waals surface area contributed by atoms with Crippen molar-refractivity contribution in [2.45, 2.75) is 6.92 Å². The Kier molecular flexibility index (Phi) is 5.25. The molecule has 104 valence electrons. The molecule has 0 heterocycles. The minimum absolute atomic E-state index is 0.343. The van der Waals surface area contributed by atoms with Gasteiger partial charge in [-0.1, -0.05) is 23.3 Å². The summed E-state index contributed by atoms with van der Waals surface area (Å²) < 4.78 is 4.90. The van der Waals surface area contributed by atoms with Gasteiger partial charge in [0.05, 0.1) is 23.9 Å². The molecule has 0 atom stereocenters.